The van der Waals surface area contributed by atoms with Gasteiger partial charge in [-0.05, 0) is 37.6 Å². The minimum Gasteiger partial charge on any atom is -0.502 e. The first-order valence-corrected chi connectivity index (χ1v) is 6.08. The minimum absolute atomic E-state index is 0.133. The maximum Gasteiger partial charge on any atom is 0.416 e. The molecule has 0 aliphatic heterocycles. The van der Waals surface area contributed by atoms with Crippen molar-refractivity contribution in [2.75, 3.05) is 13.2 Å². The van der Waals surface area contributed by atoms with Gasteiger partial charge in [-0.25, -0.2) is 0 Å². The van der Waals surface area contributed by atoms with Gasteiger partial charge in [-0.3, -0.25) is 0 Å². The number of hydrogen-bond donors (Lipinski definition) is 1. The van der Waals surface area contributed by atoms with E-state index in [1.165, 1.54) is 18.4 Å². The van der Waals surface area contributed by atoms with Crippen LogP contribution in [0.5, 0.6) is 0 Å². The Morgan fingerprint density at radius 2 is 2.16 bits per heavy atom. The molecule has 1 atom stereocenters. The van der Waals surface area contributed by atoms with Crippen molar-refractivity contribution in [1.82, 2.24) is 5.32 Å². The van der Waals surface area contributed by atoms with Crippen LogP contribution < -0.4 is 5.32 Å². The monoisotopic (exact) mass is 273 g/mol. The quantitative estimate of drug-likeness (QED) is 0.601. The molecule has 1 rings (SSSR count). The molecule has 1 N–H and O–H groups in total. The number of alkyl halides is 3. The molecule has 5 heteroatoms. The van der Waals surface area contributed by atoms with Crippen molar-refractivity contribution in [2.24, 2.45) is 0 Å². The van der Waals surface area contributed by atoms with Gasteiger partial charge in [0.15, 0.2) is 0 Å². The number of nitrogens with one attached hydrogen (secondary N) is 1. The van der Waals surface area contributed by atoms with E-state index in [9.17, 15) is 13.2 Å². The van der Waals surface area contributed by atoms with Gasteiger partial charge in [0.2, 0.25) is 0 Å². The lowest BCUT2D eigenvalue weighted by Crippen LogP contribution is -2.21. The predicted molar refractivity (Wildman–Crippen MR) is 68.6 cm³/mol. The maximum absolute atomic E-state index is 12.6. The van der Waals surface area contributed by atoms with Crippen LogP contribution in [0.25, 0.3) is 0 Å². The molecule has 0 aliphatic carbocycles. The van der Waals surface area contributed by atoms with Gasteiger partial charge in [0.05, 0.1) is 18.4 Å². The van der Waals surface area contributed by atoms with Crippen molar-refractivity contribution >= 4 is 0 Å². The van der Waals surface area contributed by atoms with Crippen LogP contribution in [0.2, 0.25) is 0 Å². The summed E-state index contributed by atoms with van der Waals surface area (Å²) in [6.07, 6.45) is -2.15. The molecule has 0 aliphatic rings. The average Bonchev–Trinajstić information content (AvgIpc) is 2.37. The normalized spacial score (nSPS) is 13.1. The zero-order valence-corrected chi connectivity index (χ0v) is 10.8. The van der Waals surface area contributed by atoms with Crippen LogP contribution in [0.4, 0.5) is 13.2 Å². The standard InChI is InChI=1S/C14H18F3NO/c1-3-19-9-5-8-18-11(2)12-6-4-7-13(10-12)14(15,16)17/h3-4,6-7,10-11,18H,1,5,8-9H2,2H3. The molecule has 0 saturated carbocycles. The molecule has 106 valence electrons. The van der Waals surface area contributed by atoms with Crippen molar-refractivity contribution in [1.29, 1.82) is 0 Å². The van der Waals surface area contributed by atoms with Crippen molar-refractivity contribution in [3.8, 4) is 0 Å². The van der Waals surface area contributed by atoms with Gasteiger partial charge in [0.25, 0.3) is 0 Å². The maximum atomic E-state index is 12.6. The number of hydrogen-bond acceptors (Lipinski definition) is 2. The Balaban J connectivity index is 2.52. The predicted octanol–water partition coefficient (Wildman–Crippen LogP) is 3.91. The number of halogens is 3. The second-order valence-electron chi connectivity index (χ2n) is 4.19. The Morgan fingerprint density at radius 3 is 2.79 bits per heavy atom. The highest BCUT2D eigenvalue weighted by molar-refractivity contribution is 5.27. The molecular weight excluding hydrogens is 255 g/mol. The molecule has 0 heterocycles. The third kappa shape index (κ3) is 5.34. The van der Waals surface area contributed by atoms with Crippen LogP contribution >= 0.6 is 0 Å². The van der Waals surface area contributed by atoms with Gasteiger partial charge >= 0.3 is 6.18 Å². The van der Waals surface area contributed by atoms with Crippen molar-refractivity contribution in [3.05, 3.63) is 48.2 Å². The lowest BCUT2D eigenvalue weighted by Gasteiger charge is -2.16. The highest BCUT2D eigenvalue weighted by Crippen LogP contribution is 2.30. The van der Waals surface area contributed by atoms with Crippen LogP contribution in [0, 0.1) is 0 Å². The van der Waals surface area contributed by atoms with E-state index in [4.69, 9.17) is 4.74 Å². The third-order valence-corrected chi connectivity index (χ3v) is 2.72. The van der Waals surface area contributed by atoms with E-state index < -0.39 is 11.7 Å². The number of benzene rings is 1. The van der Waals surface area contributed by atoms with Crippen LogP contribution in [0.15, 0.2) is 37.1 Å². The average molecular weight is 273 g/mol. The lowest BCUT2D eigenvalue weighted by atomic mass is 10.0. The van der Waals surface area contributed by atoms with Gasteiger partial charge in [-0.1, -0.05) is 18.7 Å². The summed E-state index contributed by atoms with van der Waals surface area (Å²) in [7, 11) is 0. The summed E-state index contributed by atoms with van der Waals surface area (Å²) in [6.45, 7) is 6.48. The summed E-state index contributed by atoms with van der Waals surface area (Å²) in [4.78, 5) is 0. The van der Waals surface area contributed by atoms with Gasteiger partial charge in [0.1, 0.15) is 0 Å². The highest BCUT2D eigenvalue weighted by atomic mass is 19.4. The van der Waals surface area contributed by atoms with Crippen LogP contribution in [0.3, 0.4) is 0 Å². The van der Waals surface area contributed by atoms with Crippen molar-refractivity contribution in [2.45, 2.75) is 25.6 Å². The second kappa shape index (κ2) is 7.19. The molecule has 19 heavy (non-hydrogen) atoms. The van der Waals surface area contributed by atoms with Gasteiger partial charge in [0, 0.05) is 6.04 Å². The highest BCUT2D eigenvalue weighted by Gasteiger charge is 2.30. The van der Waals surface area contributed by atoms with Gasteiger partial charge in [-0.15, -0.1) is 0 Å². The lowest BCUT2D eigenvalue weighted by molar-refractivity contribution is -0.137. The van der Waals surface area contributed by atoms with Crippen LogP contribution in [-0.4, -0.2) is 13.2 Å². The smallest absolute Gasteiger partial charge is 0.416 e. The van der Waals surface area contributed by atoms with E-state index in [1.807, 2.05) is 6.92 Å². The molecule has 1 aromatic carbocycles. The fourth-order valence-corrected chi connectivity index (χ4v) is 1.66. The third-order valence-electron chi connectivity index (χ3n) is 2.72. The minimum atomic E-state index is -4.30. The Hall–Kier alpha value is -1.49. The summed E-state index contributed by atoms with van der Waals surface area (Å²) in [5, 5.41) is 3.15. The Kier molecular flexibility index (Phi) is 5.89. The van der Waals surface area contributed by atoms with Crippen LogP contribution in [-0.2, 0) is 10.9 Å². The van der Waals surface area contributed by atoms with E-state index >= 15 is 0 Å². The molecule has 0 aromatic heterocycles. The molecule has 0 bridgehead atoms. The van der Waals surface area contributed by atoms with E-state index in [2.05, 4.69) is 11.9 Å². The van der Waals surface area contributed by atoms with E-state index in [0.29, 0.717) is 18.7 Å². The van der Waals surface area contributed by atoms with Gasteiger partial charge < -0.3 is 10.1 Å². The van der Waals surface area contributed by atoms with E-state index in [-0.39, 0.29) is 6.04 Å². The first-order chi connectivity index (χ1) is 8.95. The largest absolute Gasteiger partial charge is 0.502 e. The molecule has 1 unspecified atom stereocenters. The fourth-order valence-electron chi connectivity index (χ4n) is 1.66. The van der Waals surface area contributed by atoms with Crippen molar-refractivity contribution in [3.63, 3.8) is 0 Å². The summed E-state index contributed by atoms with van der Waals surface area (Å²) < 4.78 is 42.7. The molecule has 0 saturated heterocycles. The molecule has 0 radical (unpaired) electrons. The summed E-state index contributed by atoms with van der Waals surface area (Å²) >= 11 is 0. The Bertz CT molecular complexity index is 404. The van der Waals surface area contributed by atoms with Gasteiger partial charge in [-0.2, -0.15) is 13.2 Å². The number of ether oxygens (including phenoxy) is 1. The van der Waals surface area contributed by atoms with Crippen molar-refractivity contribution < 1.29 is 17.9 Å². The summed E-state index contributed by atoms with van der Waals surface area (Å²) in [5.74, 6) is 0. The zero-order valence-electron chi connectivity index (χ0n) is 10.8. The molecule has 1 aromatic rings. The Morgan fingerprint density at radius 1 is 1.42 bits per heavy atom. The molecule has 2 nitrogen and oxygen atoms in total. The fraction of sp³-hybridized carbons (Fsp3) is 0.429. The first-order valence-electron chi connectivity index (χ1n) is 6.08. The SMILES string of the molecule is C=COCCCNC(C)c1cccc(C(F)(F)F)c1. The number of rotatable bonds is 7. The topological polar surface area (TPSA) is 21.3 Å². The molecular formula is C14H18F3NO. The van der Waals surface area contributed by atoms with E-state index in [0.717, 1.165) is 12.5 Å². The zero-order chi connectivity index (χ0) is 14.3. The molecule has 0 amide bonds. The molecule has 0 fully saturated rings. The summed E-state index contributed by atoms with van der Waals surface area (Å²) in [6, 6.07) is 5.24. The Labute approximate surface area is 111 Å². The second-order valence-corrected chi connectivity index (χ2v) is 4.19. The summed E-state index contributed by atoms with van der Waals surface area (Å²) in [5.41, 5.74) is 0.00750. The first kappa shape index (κ1) is 15.6. The van der Waals surface area contributed by atoms with E-state index in [1.54, 1.807) is 6.07 Å². The molecule has 0 spiro atoms. The van der Waals surface area contributed by atoms with Crippen LogP contribution in [0.1, 0.15) is 30.5 Å².